The van der Waals surface area contributed by atoms with Gasteiger partial charge in [0.25, 0.3) is 0 Å². The third-order valence-electron chi connectivity index (χ3n) is 1.94. The molecule has 1 aromatic rings. The van der Waals surface area contributed by atoms with Gasteiger partial charge in [0, 0.05) is 5.02 Å². The monoisotopic (exact) mass is 240 g/mol. The van der Waals surface area contributed by atoms with Crippen LogP contribution in [0.5, 0.6) is 0 Å². The maximum absolute atomic E-state index is 5.88. The first-order valence-corrected chi connectivity index (χ1v) is 5.10. The topological polar surface area (TPSA) is 62.4 Å². The number of hydrogen-bond donors (Lipinski definition) is 3. The summed E-state index contributed by atoms with van der Waals surface area (Å²) in [6.07, 6.45) is -0.266. The molecular weight excluding hydrogens is 232 g/mol. The van der Waals surface area contributed by atoms with E-state index in [9.17, 15) is 0 Å². The molecule has 0 bridgehead atoms. The predicted molar refractivity (Wildman–Crippen MR) is 64.7 cm³/mol. The number of halogens is 1. The van der Waals surface area contributed by atoms with Crippen molar-refractivity contribution in [2.45, 2.75) is 6.17 Å². The molecule has 2 rings (SSSR count). The minimum absolute atomic E-state index is 0.266. The summed E-state index contributed by atoms with van der Waals surface area (Å²) in [5.74, 6) is 0.309. The Kier molecular flexibility index (Phi) is 2.75. The van der Waals surface area contributed by atoms with Crippen LogP contribution < -0.4 is 16.4 Å². The fourth-order valence-corrected chi connectivity index (χ4v) is 1.73. The highest BCUT2D eigenvalue weighted by molar-refractivity contribution is 7.80. The summed E-state index contributed by atoms with van der Waals surface area (Å²) in [5.41, 5.74) is 6.49. The average molecular weight is 241 g/mol. The SMILES string of the molecule is NC1=NC(c2cccc(Cl)c2)NC(=S)N1. The molecular formula is C9H9ClN4S. The molecule has 6 heteroatoms. The van der Waals surface area contributed by atoms with Crippen molar-refractivity contribution in [3.05, 3.63) is 34.9 Å². The highest BCUT2D eigenvalue weighted by Gasteiger charge is 2.16. The molecule has 0 aromatic heterocycles. The second-order valence-corrected chi connectivity index (χ2v) is 3.92. The summed E-state index contributed by atoms with van der Waals surface area (Å²) >= 11 is 10.9. The van der Waals surface area contributed by atoms with Crippen molar-refractivity contribution in [1.82, 2.24) is 10.6 Å². The van der Waals surface area contributed by atoms with Gasteiger partial charge in [0.1, 0.15) is 6.17 Å². The lowest BCUT2D eigenvalue weighted by molar-refractivity contribution is 0.660. The normalized spacial score (nSPS) is 20.2. The van der Waals surface area contributed by atoms with Crippen LogP contribution in [-0.2, 0) is 0 Å². The third-order valence-corrected chi connectivity index (χ3v) is 2.40. The summed E-state index contributed by atoms with van der Waals surface area (Å²) in [6, 6.07) is 7.39. The Morgan fingerprint density at radius 2 is 2.27 bits per heavy atom. The highest BCUT2D eigenvalue weighted by Crippen LogP contribution is 2.19. The van der Waals surface area contributed by atoms with Crippen LogP contribution in [0, 0.1) is 0 Å². The van der Waals surface area contributed by atoms with Crippen LogP contribution in [0.25, 0.3) is 0 Å². The zero-order valence-electron chi connectivity index (χ0n) is 7.70. The van der Waals surface area contributed by atoms with E-state index in [0.717, 1.165) is 5.56 Å². The van der Waals surface area contributed by atoms with E-state index >= 15 is 0 Å². The summed E-state index contributed by atoms with van der Waals surface area (Å²) < 4.78 is 0. The first kappa shape index (κ1) is 10.2. The Labute approximate surface area is 97.5 Å². The van der Waals surface area contributed by atoms with E-state index in [-0.39, 0.29) is 6.17 Å². The minimum Gasteiger partial charge on any atom is -0.370 e. The molecule has 4 nitrogen and oxygen atoms in total. The maximum atomic E-state index is 5.88. The summed E-state index contributed by atoms with van der Waals surface area (Å²) in [6.45, 7) is 0. The van der Waals surface area contributed by atoms with E-state index in [1.54, 1.807) is 6.07 Å². The van der Waals surface area contributed by atoms with Crippen LogP contribution in [0.15, 0.2) is 29.3 Å². The standard InChI is InChI=1S/C9H9ClN4S/c10-6-3-1-2-5(4-6)7-12-8(11)14-9(15)13-7/h1-4,7H,(H4,11,12,13,14,15). The van der Waals surface area contributed by atoms with E-state index in [0.29, 0.717) is 16.1 Å². The van der Waals surface area contributed by atoms with Gasteiger partial charge >= 0.3 is 0 Å². The number of hydrogen-bond acceptors (Lipinski definition) is 3. The van der Waals surface area contributed by atoms with Gasteiger partial charge in [0.15, 0.2) is 11.1 Å². The number of aliphatic imine (C=N–C) groups is 1. The molecule has 0 fully saturated rings. The molecule has 4 N–H and O–H groups in total. The fourth-order valence-electron chi connectivity index (χ4n) is 1.31. The van der Waals surface area contributed by atoms with Crippen LogP contribution in [0.4, 0.5) is 0 Å². The Hall–Kier alpha value is -1.33. The van der Waals surface area contributed by atoms with Crippen molar-refractivity contribution in [3.63, 3.8) is 0 Å². The van der Waals surface area contributed by atoms with Gasteiger partial charge in [0.2, 0.25) is 0 Å². The van der Waals surface area contributed by atoms with Gasteiger partial charge in [-0.2, -0.15) is 0 Å². The molecule has 1 heterocycles. The number of benzene rings is 1. The maximum Gasteiger partial charge on any atom is 0.197 e. The molecule has 1 unspecified atom stereocenters. The molecule has 0 saturated carbocycles. The second kappa shape index (κ2) is 4.04. The first-order chi connectivity index (χ1) is 7.15. The number of rotatable bonds is 1. The van der Waals surface area contributed by atoms with Gasteiger partial charge in [-0.25, -0.2) is 4.99 Å². The second-order valence-electron chi connectivity index (χ2n) is 3.07. The lowest BCUT2D eigenvalue weighted by atomic mass is 10.2. The molecule has 0 saturated heterocycles. The number of nitrogens with one attached hydrogen (secondary N) is 2. The van der Waals surface area contributed by atoms with Crippen LogP contribution >= 0.6 is 23.8 Å². The zero-order chi connectivity index (χ0) is 10.8. The third kappa shape index (κ3) is 2.37. The number of nitrogens with two attached hydrogens (primary N) is 1. The number of thiocarbonyl (C=S) groups is 1. The molecule has 78 valence electrons. The lowest BCUT2D eigenvalue weighted by Crippen LogP contribution is -2.49. The summed E-state index contributed by atoms with van der Waals surface area (Å²) in [4.78, 5) is 4.17. The zero-order valence-corrected chi connectivity index (χ0v) is 9.27. The molecule has 1 atom stereocenters. The van der Waals surface area contributed by atoms with Gasteiger partial charge in [0.05, 0.1) is 0 Å². The Morgan fingerprint density at radius 1 is 1.47 bits per heavy atom. The van der Waals surface area contributed by atoms with Gasteiger partial charge in [-0.3, -0.25) is 0 Å². The van der Waals surface area contributed by atoms with Gasteiger partial charge in [-0.15, -0.1) is 0 Å². The van der Waals surface area contributed by atoms with Gasteiger partial charge < -0.3 is 16.4 Å². The largest absolute Gasteiger partial charge is 0.370 e. The molecule has 0 amide bonds. The van der Waals surface area contributed by atoms with Crippen LogP contribution in [0.1, 0.15) is 11.7 Å². The highest BCUT2D eigenvalue weighted by atomic mass is 35.5. The van der Waals surface area contributed by atoms with Gasteiger partial charge in [-0.1, -0.05) is 23.7 Å². The van der Waals surface area contributed by atoms with Crippen molar-refractivity contribution in [2.75, 3.05) is 0 Å². The molecule has 1 aliphatic heterocycles. The molecule has 15 heavy (non-hydrogen) atoms. The molecule has 1 aliphatic rings. The minimum atomic E-state index is -0.266. The average Bonchev–Trinajstić information content (AvgIpc) is 2.16. The van der Waals surface area contributed by atoms with E-state index in [2.05, 4.69) is 15.6 Å². The van der Waals surface area contributed by atoms with Crippen molar-refractivity contribution >= 4 is 34.9 Å². The lowest BCUT2D eigenvalue weighted by Gasteiger charge is -2.23. The van der Waals surface area contributed by atoms with Crippen molar-refractivity contribution in [1.29, 1.82) is 0 Å². The molecule has 0 radical (unpaired) electrons. The van der Waals surface area contributed by atoms with E-state index in [1.165, 1.54) is 0 Å². The van der Waals surface area contributed by atoms with Crippen molar-refractivity contribution in [3.8, 4) is 0 Å². The van der Waals surface area contributed by atoms with Crippen LogP contribution in [0.3, 0.4) is 0 Å². The Bertz CT molecular complexity index is 432. The van der Waals surface area contributed by atoms with Crippen molar-refractivity contribution < 1.29 is 0 Å². The van der Waals surface area contributed by atoms with E-state index in [1.807, 2.05) is 18.2 Å². The summed E-state index contributed by atoms with van der Waals surface area (Å²) in [7, 11) is 0. The first-order valence-electron chi connectivity index (χ1n) is 4.31. The number of guanidine groups is 1. The van der Waals surface area contributed by atoms with Crippen LogP contribution in [-0.4, -0.2) is 11.1 Å². The van der Waals surface area contributed by atoms with Gasteiger partial charge in [-0.05, 0) is 29.9 Å². The smallest absolute Gasteiger partial charge is 0.197 e. The Balaban J connectivity index is 2.31. The number of nitrogens with zero attached hydrogens (tertiary/aromatic N) is 1. The fraction of sp³-hybridized carbons (Fsp3) is 0.111. The van der Waals surface area contributed by atoms with Crippen molar-refractivity contribution in [2.24, 2.45) is 10.7 Å². The van der Waals surface area contributed by atoms with E-state index in [4.69, 9.17) is 29.6 Å². The Morgan fingerprint density at radius 3 is 2.93 bits per heavy atom. The summed E-state index contributed by atoms with van der Waals surface area (Å²) in [5, 5.41) is 6.82. The van der Waals surface area contributed by atoms with Crippen LogP contribution in [0.2, 0.25) is 5.02 Å². The quantitative estimate of drug-likeness (QED) is 0.644. The van der Waals surface area contributed by atoms with E-state index < -0.39 is 0 Å². The molecule has 0 spiro atoms. The molecule has 1 aromatic carbocycles. The molecule has 0 aliphatic carbocycles. The predicted octanol–water partition coefficient (Wildman–Crippen LogP) is 1.13.